The molecule has 1 N–H and O–H groups in total. The van der Waals surface area contributed by atoms with Gasteiger partial charge in [-0.1, -0.05) is 25.3 Å². The molecule has 1 aliphatic rings. The van der Waals surface area contributed by atoms with E-state index in [0.29, 0.717) is 11.9 Å². The van der Waals surface area contributed by atoms with Crippen molar-refractivity contribution in [2.75, 3.05) is 11.9 Å². The Bertz CT molecular complexity index is 374. The summed E-state index contributed by atoms with van der Waals surface area (Å²) in [5.74, 6) is 0.622. The molecule has 0 saturated heterocycles. The quantitative estimate of drug-likeness (QED) is 0.891. The van der Waals surface area contributed by atoms with Gasteiger partial charge in [0.05, 0.1) is 0 Å². The van der Waals surface area contributed by atoms with Crippen LogP contribution in [0.1, 0.15) is 39.0 Å². The summed E-state index contributed by atoms with van der Waals surface area (Å²) in [6.45, 7) is 2.79. The van der Waals surface area contributed by atoms with Gasteiger partial charge in [-0.15, -0.1) is 0 Å². The Morgan fingerprint density at radius 1 is 1.39 bits per heavy atom. The molecule has 98 valence electrons. The number of rotatable bonds is 3. The molecule has 0 radical (unpaired) electrons. The minimum Gasteiger partial charge on any atom is -0.322 e. The van der Waals surface area contributed by atoms with Gasteiger partial charge in [-0.25, -0.2) is 9.78 Å². The SMILES string of the molecule is CCN(C(=O)Nc1ccccn1)C1CCCCC1. The largest absolute Gasteiger partial charge is 0.323 e. The van der Waals surface area contributed by atoms with E-state index in [9.17, 15) is 4.79 Å². The average Bonchev–Trinajstić information content (AvgIpc) is 2.42. The second-order valence-electron chi connectivity index (χ2n) is 4.72. The number of hydrogen-bond acceptors (Lipinski definition) is 2. The number of aromatic nitrogens is 1. The van der Waals surface area contributed by atoms with Gasteiger partial charge in [-0.3, -0.25) is 5.32 Å². The van der Waals surface area contributed by atoms with Crippen molar-refractivity contribution in [2.45, 2.75) is 45.1 Å². The van der Waals surface area contributed by atoms with Gasteiger partial charge in [0.1, 0.15) is 5.82 Å². The lowest BCUT2D eigenvalue weighted by Gasteiger charge is -2.33. The molecule has 4 heteroatoms. The second-order valence-corrected chi connectivity index (χ2v) is 4.72. The van der Waals surface area contributed by atoms with E-state index in [1.807, 2.05) is 30.0 Å². The van der Waals surface area contributed by atoms with E-state index < -0.39 is 0 Å². The Balaban J connectivity index is 1.96. The first-order valence-corrected chi connectivity index (χ1v) is 6.80. The number of carbonyl (C=O) groups is 1. The summed E-state index contributed by atoms with van der Waals surface area (Å²) in [6.07, 6.45) is 7.71. The van der Waals surface area contributed by atoms with E-state index in [0.717, 1.165) is 19.4 Å². The summed E-state index contributed by atoms with van der Waals surface area (Å²) < 4.78 is 0. The normalized spacial score (nSPS) is 16.3. The molecule has 2 amide bonds. The average molecular weight is 247 g/mol. The monoisotopic (exact) mass is 247 g/mol. The van der Waals surface area contributed by atoms with Gasteiger partial charge >= 0.3 is 6.03 Å². The second kappa shape index (κ2) is 6.38. The minimum absolute atomic E-state index is 0.0249. The minimum atomic E-state index is -0.0249. The van der Waals surface area contributed by atoms with Crippen LogP contribution in [0.25, 0.3) is 0 Å². The van der Waals surface area contributed by atoms with Crippen molar-refractivity contribution in [1.29, 1.82) is 0 Å². The zero-order valence-electron chi connectivity index (χ0n) is 10.9. The molecule has 1 saturated carbocycles. The van der Waals surface area contributed by atoms with Crippen molar-refractivity contribution in [1.82, 2.24) is 9.88 Å². The van der Waals surface area contributed by atoms with Crippen LogP contribution < -0.4 is 5.32 Å². The predicted octanol–water partition coefficient (Wildman–Crippen LogP) is 3.27. The molecule has 1 aliphatic carbocycles. The van der Waals surface area contributed by atoms with Crippen LogP contribution in [0.3, 0.4) is 0 Å². The van der Waals surface area contributed by atoms with E-state index in [1.54, 1.807) is 6.20 Å². The van der Waals surface area contributed by atoms with Crippen LogP contribution in [0.2, 0.25) is 0 Å². The predicted molar refractivity (Wildman–Crippen MR) is 72.5 cm³/mol. The summed E-state index contributed by atoms with van der Waals surface area (Å²) in [4.78, 5) is 18.3. The van der Waals surface area contributed by atoms with Gasteiger partial charge in [-0.2, -0.15) is 0 Å². The van der Waals surface area contributed by atoms with Gasteiger partial charge in [-0.05, 0) is 31.9 Å². The van der Waals surface area contributed by atoms with Gasteiger partial charge in [0.25, 0.3) is 0 Å². The summed E-state index contributed by atoms with van der Waals surface area (Å²) >= 11 is 0. The first-order valence-electron chi connectivity index (χ1n) is 6.80. The Hall–Kier alpha value is -1.58. The Morgan fingerprint density at radius 2 is 2.17 bits per heavy atom. The molecule has 0 atom stereocenters. The zero-order valence-corrected chi connectivity index (χ0v) is 10.9. The highest BCUT2D eigenvalue weighted by molar-refractivity contribution is 5.88. The fraction of sp³-hybridized carbons (Fsp3) is 0.571. The molecule has 1 aromatic heterocycles. The lowest BCUT2D eigenvalue weighted by molar-refractivity contribution is 0.172. The third-order valence-corrected chi connectivity index (χ3v) is 3.52. The maximum Gasteiger partial charge on any atom is 0.323 e. The highest BCUT2D eigenvalue weighted by Gasteiger charge is 2.24. The number of nitrogens with zero attached hydrogens (tertiary/aromatic N) is 2. The third-order valence-electron chi connectivity index (χ3n) is 3.52. The molecule has 0 aliphatic heterocycles. The molecule has 1 heterocycles. The van der Waals surface area contributed by atoms with Crippen molar-refractivity contribution in [3.8, 4) is 0 Å². The van der Waals surface area contributed by atoms with E-state index in [2.05, 4.69) is 10.3 Å². The molecule has 1 fully saturated rings. The lowest BCUT2D eigenvalue weighted by atomic mass is 9.94. The van der Waals surface area contributed by atoms with Crippen LogP contribution in [0.4, 0.5) is 10.6 Å². The molecule has 0 aromatic carbocycles. The van der Waals surface area contributed by atoms with Gasteiger partial charge in [0.15, 0.2) is 0 Å². The van der Waals surface area contributed by atoms with Crippen molar-refractivity contribution < 1.29 is 4.79 Å². The topological polar surface area (TPSA) is 45.2 Å². The van der Waals surface area contributed by atoms with Gasteiger partial charge in [0.2, 0.25) is 0 Å². The number of anilines is 1. The highest BCUT2D eigenvalue weighted by atomic mass is 16.2. The smallest absolute Gasteiger partial charge is 0.322 e. The van der Waals surface area contributed by atoms with Crippen LogP contribution in [0.15, 0.2) is 24.4 Å². The van der Waals surface area contributed by atoms with Crippen LogP contribution in [-0.2, 0) is 0 Å². The molecule has 4 nitrogen and oxygen atoms in total. The Morgan fingerprint density at radius 3 is 2.78 bits per heavy atom. The van der Waals surface area contributed by atoms with Gasteiger partial charge in [0, 0.05) is 18.8 Å². The number of hydrogen-bond donors (Lipinski definition) is 1. The molecular weight excluding hydrogens is 226 g/mol. The Kier molecular flexibility index (Phi) is 4.56. The zero-order chi connectivity index (χ0) is 12.8. The summed E-state index contributed by atoms with van der Waals surface area (Å²) in [5, 5.41) is 2.87. The summed E-state index contributed by atoms with van der Waals surface area (Å²) in [6, 6.07) is 5.90. The van der Waals surface area contributed by atoms with Crippen molar-refractivity contribution >= 4 is 11.8 Å². The number of pyridine rings is 1. The maximum absolute atomic E-state index is 12.2. The van der Waals surface area contributed by atoms with E-state index in [4.69, 9.17) is 0 Å². The van der Waals surface area contributed by atoms with E-state index in [1.165, 1.54) is 19.3 Å². The standard InChI is InChI=1S/C14H21N3O/c1-2-17(12-8-4-3-5-9-12)14(18)16-13-10-6-7-11-15-13/h6-7,10-12H,2-5,8-9H2,1H3,(H,15,16,18). The maximum atomic E-state index is 12.2. The molecule has 1 aromatic rings. The highest BCUT2D eigenvalue weighted by Crippen LogP contribution is 2.22. The fourth-order valence-corrected chi connectivity index (χ4v) is 2.58. The summed E-state index contributed by atoms with van der Waals surface area (Å²) in [5.41, 5.74) is 0. The van der Waals surface area contributed by atoms with Crippen molar-refractivity contribution in [3.63, 3.8) is 0 Å². The molecular formula is C14H21N3O. The van der Waals surface area contributed by atoms with Crippen LogP contribution >= 0.6 is 0 Å². The van der Waals surface area contributed by atoms with Gasteiger partial charge < -0.3 is 4.90 Å². The van der Waals surface area contributed by atoms with Crippen LogP contribution in [0, 0.1) is 0 Å². The molecule has 0 spiro atoms. The van der Waals surface area contributed by atoms with E-state index in [-0.39, 0.29) is 6.03 Å². The van der Waals surface area contributed by atoms with Crippen LogP contribution in [0.5, 0.6) is 0 Å². The summed E-state index contributed by atoms with van der Waals surface area (Å²) in [7, 11) is 0. The number of nitrogens with one attached hydrogen (secondary N) is 1. The molecule has 18 heavy (non-hydrogen) atoms. The first-order chi connectivity index (χ1) is 8.81. The van der Waals surface area contributed by atoms with E-state index >= 15 is 0 Å². The molecule has 0 unspecified atom stereocenters. The third kappa shape index (κ3) is 3.22. The van der Waals surface area contributed by atoms with Crippen LogP contribution in [-0.4, -0.2) is 28.5 Å². The fourth-order valence-electron chi connectivity index (χ4n) is 2.58. The Labute approximate surface area is 108 Å². The van der Waals surface area contributed by atoms with Crippen molar-refractivity contribution in [3.05, 3.63) is 24.4 Å². The first kappa shape index (κ1) is 12.9. The number of carbonyl (C=O) groups excluding carboxylic acids is 1. The molecule has 2 rings (SSSR count). The number of amides is 2. The number of urea groups is 1. The molecule has 0 bridgehead atoms. The lowest BCUT2D eigenvalue weighted by Crippen LogP contribution is -2.43. The van der Waals surface area contributed by atoms with Crippen molar-refractivity contribution in [2.24, 2.45) is 0 Å².